The van der Waals surface area contributed by atoms with E-state index in [2.05, 4.69) is 34.5 Å². The van der Waals surface area contributed by atoms with Gasteiger partial charge in [0, 0.05) is 26.1 Å². The lowest BCUT2D eigenvalue weighted by molar-refractivity contribution is -0.126. The normalized spacial score (nSPS) is 19.2. The SMILES string of the molecule is COc1ccc(C)cc1N1C[C@@H](C(=O)NCc2ccc(CN3CCCCC3)cc2)CC1=O. The van der Waals surface area contributed by atoms with Gasteiger partial charge in [-0.05, 0) is 61.7 Å². The molecule has 2 aromatic carbocycles. The summed E-state index contributed by atoms with van der Waals surface area (Å²) in [6.45, 7) is 6.19. The van der Waals surface area contributed by atoms with Crippen molar-refractivity contribution in [2.75, 3.05) is 31.6 Å². The molecule has 1 N–H and O–H groups in total. The van der Waals surface area contributed by atoms with Crippen LogP contribution in [0.5, 0.6) is 5.75 Å². The van der Waals surface area contributed by atoms with Crippen molar-refractivity contribution in [2.24, 2.45) is 5.92 Å². The van der Waals surface area contributed by atoms with E-state index in [-0.39, 0.29) is 24.2 Å². The van der Waals surface area contributed by atoms with Gasteiger partial charge < -0.3 is 15.0 Å². The van der Waals surface area contributed by atoms with Crippen LogP contribution in [-0.2, 0) is 22.7 Å². The second-order valence-electron chi connectivity index (χ2n) is 8.95. The third-order valence-electron chi connectivity index (χ3n) is 6.47. The number of nitrogens with zero attached hydrogens (tertiary/aromatic N) is 2. The van der Waals surface area contributed by atoms with E-state index < -0.39 is 0 Å². The minimum atomic E-state index is -0.355. The quantitative estimate of drug-likeness (QED) is 0.721. The van der Waals surface area contributed by atoms with Crippen molar-refractivity contribution in [2.45, 2.75) is 45.7 Å². The molecule has 170 valence electrons. The number of methoxy groups -OCH3 is 1. The topological polar surface area (TPSA) is 61.9 Å². The number of likely N-dealkylation sites (tertiary alicyclic amines) is 1. The summed E-state index contributed by atoms with van der Waals surface area (Å²) in [5.74, 6) is 0.168. The summed E-state index contributed by atoms with van der Waals surface area (Å²) in [7, 11) is 1.59. The molecule has 2 aliphatic rings. The minimum Gasteiger partial charge on any atom is -0.495 e. The zero-order valence-electron chi connectivity index (χ0n) is 19.1. The molecule has 0 bridgehead atoms. The van der Waals surface area contributed by atoms with Crippen LogP contribution in [0.15, 0.2) is 42.5 Å². The van der Waals surface area contributed by atoms with Crippen molar-refractivity contribution in [3.8, 4) is 5.75 Å². The molecule has 4 rings (SSSR count). The number of ether oxygens (including phenoxy) is 1. The summed E-state index contributed by atoms with van der Waals surface area (Å²) in [5.41, 5.74) is 4.16. The maximum absolute atomic E-state index is 12.8. The van der Waals surface area contributed by atoms with Gasteiger partial charge in [0.1, 0.15) is 5.75 Å². The van der Waals surface area contributed by atoms with E-state index in [0.717, 1.165) is 23.4 Å². The Morgan fingerprint density at radius 2 is 1.78 bits per heavy atom. The summed E-state index contributed by atoms with van der Waals surface area (Å²) >= 11 is 0. The molecule has 0 aromatic heterocycles. The van der Waals surface area contributed by atoms with E-state index in [9.17, 15) is 9.59 Å². The summed E-state index contributed by atoms with van der Waals surface area (Å²) in [6, 6.07) is 14.2. The van der Waals surface area contributed by atoms with Crippen LogP contribution in [0.25, 0.3) is 0 Å². The van der Waals surface area contributed by atoms with Crippen molar-refractivity contribution < 1.29 is 14.3 Å². The van der Waals surface area contributed by atoms with Gasteiger partial charge in [-0.15, -0.1) is 0 Å². The van der Waals surface area contributed by atoms with E-state index in [4.69, 9.17) is 4.74 Å². The third-order valence-corrected chi connectivity index (χ3v) is 6.47. The maximum Gasteiger partial charge on any atom is 0.227 e. The lowest BCUT2D eigenvalue weighted by Crippen LogP contribution is -2.32. The molecule has 2 fully saturated rings. The van der Waals surface area contributed by atoms with Crippen LogP contribution in [0.3, 0.4) is 0 Å². The number of rotatable bonds is 7. The number of carbonyl (C=O) groups excluding carboxylic acids is 2. The largest absolute Gasteiger partial charge is 0.495 e. The molecule has 0 aliphatic carbocycles. The Morgan fingerprint density at radius 1 is 1.06 bits per heavy atom. The van der Waals surface area contributed by atoms with Crippen LogP contribution in [-0.4, -0.2) is 43.5 Å². The zero-order valence-corrected chi connectivity index (χ0v) is 19.1. The van der Waals surface area contributed by atoms with Gasteiger partial charge in [-0.2, -0.15) is 0 Å². The molecule has 2 heterocycles. The van der Waals surface area contributed by atoms with Crippen LogP contribution in [0, 0.1) is 12.8 Å². The molecule has 6 nitrogen and oxygen atoms in total. The number of hydrogen-bond donors (Lipinski definition) is 1. The van der Waals surface area contributed by atoms with Gasteiger partial charge in [-0.1, -0.05) is 36.8 Å². The van der Waals surface area contributed by atoms with E-state index in [1.54, 1.807) is 12.0 Å². The Bertz CT molecular complexity index is 951. The number of anilines is 1. The molecule has 0 saturated carbocycles. The van der Waals surface area contributed by atoms with Gasteiger partial charge >= 0.3 is 0 Å². The number of benzene rings is 2. The van der Waals surface area contributed by atoms with E-state index >= 15 is 0 Å². The van der Waals surface area contributed by atoms with E-state index in [0.29, 0.717) is 18.8 Å². The first-order chi connectivity index (χ1) is 15.5. The molecule has 32 heavy (non-hydrogen) atoms. The van der Waals surface area contributed by atoms with Crippen LogP contribution < -0.4 is 15.0 Å². The van der Waals surface area contributed by atoms with Crippen LogP contribution in [0.4, 0.5) is 5.69 Å². The van der Waals surface area contributed by atoms with Crippen molar-refractivity contribution >= 4 is 17.5 Å². The smallest absolute Gasteiger partial charge is 0.227 e. The molecule has 2 saturated heterocycles. The predicted octanol–water partition coefficient (Wildman–Crippen LogP) is 3.66. The number of aryl methyl sites for hydroxylation is 1. The Hall–Kier alpha value is -2.86. The zero-order chi connectivity index (χ0) is 22.5. The Balaban J connectivity index is 1.31. The fraction of sp³-hybridized carbons (Fsp3) is 0.462. The summed E-state index contributed by atoms with van der Waals surface area (Å²) in [4.78, 5) is 29.6. The second kappa shape index (κ2) is 10.2. The van der Waals surface area contributed by atoms with Gasteiger partial charge in [-0.25, -0.2) is 0 Å². The van der Waals surface area contributed by atoms with E-state index in [1.165, 1.54) is 37.9 Å². The highest BCUT2D eigenvalue weighted by molar-refractivity contribution is 6.01. The molecule has 6 heteroatoms. The molecule has 2 amide bonds. The standard InChI is InChI=1S/C26H33N3O3/c1-19-6-11-24(32-2)23(14-19)29-18-22(15-25(29)30)26(31)27-16-20-7-9-21(10-8-20)17-28-12-4-3-5-13-28/h6-11,14,22H,3-5,12-13,15-18H2,1-2H3,(H,27,31)/t22-/m0/s1. The lowest BCUT2D eigenvalue weighted by Gasteiger charge is -2.26. The van der Waals surface area contributed by atoms with E-state index in [1.807, 2.05) is 25.1 Å². The predicted molar refractivity (Wildman–Crippen MR) is 126 cm³/mol. The second-order valence-corrected chi connectivity index (χ2v) is 8.95. The Kier molecular flexibility index (Phi) is 7.10. The van der Waals surface area contributed by atoms with Gasteiger partial charge in [0.15, 0.2) is 0 Å². The van der Waals surface area contributed by atoms with Crippen molar-refractivity contribution in [3.63, 3.8) is 0 Å². The number of hydrogen-bond acceptors (Lipinski definition) is 4. The maximum atomic E-state index is 12.8. The monoisotopic (exact) mass is 435 g/mol. The lowest BCUT2D eigenvalue weighted by atomic mass is 10.1. The highest BCUT2D eigenvalue weighted by Gasteiger charge is 2.36. The number of piperidine rings is 1. The molecule has 2 aliphatic heterocycles. The van der Waals surface area contributed by atoms with Crippen LogP contribution in [0.2, 0.25) is 0 Å². The molecular formula is C26H33N3O3. The molecule has 2 aromatic rings. The van der Waals surface area contributed by atoms with Crippen molar-refractivity contribution in [3.05, 3.63) is 59.2 Å². The average Bonchev–Trinajstić information content (AvgIpc) is 3.20. The first kappa shape index (κ1) is 22.3. The first-order valence-electron chi connectivity index (χ1n) is 11.6. The highest BCUT2D eigenvalue weighted by atomic mass is 16.5. The number of carbonyl (C=O) groups is 2. The van der Waals surface area contributed by atoms with Gasteiger partial charge in [0.05, 0.1) is 18.7 Å². The third kappa shape index (κ3) is 5.30. The summed E-state index contributed by atoms with van der Waals surface area (Å²) < 4.78 is 5.42. The van der Waals surface area contributed by atoms with Crippen LogP contribution >= 0.6 is 0 Å². The molecule has 0 radical (unpaired) electrons. The van der Waals surface area contributed by atoms with Gasteiger partial charge in [0.25, 0.3) is 0 Å². The summed E-state index contributed by atoms with van der Waals surface area (Å²) in [5, 5.41) is 3.01. The number of amides is 2. The summed E-state index contributed by atoms with van der Waals surface area (Å²) in [6.07, 6.45) is 4.15. The molecular weight excluding hydrogens is 402 g/mol. The van der Waals surface area contributed by atoms with Gasteiger partial charge in [-0.3, -0.25) is 14.5 Å². The Labute approximate surface area is 190 Å². The van der Waals surface area contributed by atoms with Crippen molar-refractivity contribution in [1.82, 2.24) is 10.2 Å². The molecule has 0 spiro atoms. The van der Waals surface area contributed by atoms with Crippen molar-refractivity contribution in [1.29, 1.82) is 0 Å². The minimum absolute atomic E-state index is 0.0453. The highest BCUT2D eigenvalue weighted by Crippen LogP contribution is 2.34. The molecule has 0 unspecified atom stereocenters. The first-order valence-corrected chi connectivity index (χ1v) is 11.6. The average molecular weight is 436 g/mol. The fourth-order valence-corrected chi connectivity index (χ4v) is 4.60. The fourth-order valence-electron chi connectivity index (χ4n) is 4.60. The Morgan fingerprint density at radius 3 is 2.50 bits per heavy atom. The number of nitrogens with one attached hydrogen (secondary N) is 1. The van der Waals surface area contributed by atoms with Gasteiger partial charge in [0.2, 0.25) is 11.8 Å². The molecule has 1 atom stereocenters. The van der Waals surface area contributed by atoms with Crippen LogP contribution in [0.1, 0.15) is 42.4 Å².